The molecule has 0 spiro atoms. The Hall–Kier alpha value is -0.860. The fraction of sp³-hybridized carbons (Fsp3) is 0.611. The minimum Gasteiger partial charge on any atom is -0.306 e. The molecule has 0 heterocycles. The summed E-state index contributed by atoms with van der Waals surface area (Å²) in [5.74, 6) is 3.05. The van der Waals surface area contributed by atoms with Crippen LogP contribution in [0.2, 0.25) is 5.02 Å². The van der Waals surface area contributed by atoms with Crippen LogP contribution in [-0.2, 0) is 0 Å². The maximum absolute atomic E-state index is 12.2. The zero-order valence-corrected chi connectivity index (χ0v) is 13.5. The maximum Gasteiger partial charge on any atom is 0.164 e. The Morgan fingerprint density at radius 3 is 2.62 bits per heavy atom. The summed E-state index contributed by atoms with van der Waals surface area (Å²) in [6.45, 7) is 2.02. The highest BCUT2D eigenvalue weighted by molar-refractivity contribution is 6.30. The number of halogens is 1. The van der Waals surface area contributed by atoms with E-state index in [4.69, 9.17) is 11.6 Å². The number of hydrogen-bond acceptors (Lipinski definition) is 2. The molecule has 0 amide bonds. The molecule has 2 aliphatic carbocycles. The molecule has 3 heteroatoms. The third kappa shape index (κ3) is 3.67. The van der Waals surface area contributed by atoms with E-state index in [1.165, 1.54) is 25.7 Å². The Bertz CT molecular complexity index is 498. The van der Waals surface area contributed by atoms with Crippen molar-refractivity contribution in [2.75, 3.05) is 20.1 Å². The normalized spacial score (nSPS) is 27.5. The van der Waals surface area contributed by atoms with Crippen molar-refractivity contribution >= 4 is 17.4 Å². The summed E-state index contributed by atoms with van der Waals surface area (Å²) in [5.41, 5.74) is 0.771. The number of nitrogens with zero attached hydrogens (tertiary/aromatic N) is 1. The zero-order chi connectivity index (χ0) is 14.8. The smallest absolute Gasteiger partial charge is 0.164 e. The summed E-state index contributed by atoms with van der Waals surface area (Å²) in [6, 6.07) is 7.21. The highest BCUT2D eigenvalue weighted by atomic mass is 35.5. The summed E-state index contributed by atoms with van der Waals surface area (Å²) < 4.78 is 0. The van der Waals surface area contributed by atoms with Crippen LogP contribution in [0.25, 0.3) is 0 Å². The van der Waals surface area contributed by atoms with Crippen LogP contribution in [0.3, 0.4) is 0 Å². The summed E-state index contributed by atoms with van der Waals surface area (Å²) in [4.78, 5) is 14.5. The van der Waals surface area contributed by atoms with E-state index in [-0.39, 0.29) is 5.78 Å². The third-order valence-corrected chi connectivity index (χ3v) is 5.57. The second kappa shape index (κ2) is 6.50. The molecule has 2 bridgehead atoms. The maximum atomic E-state index is 12.2. The van der Waals surface area contributed by atoms with Gasteiger partial charge in [0, 0.05) is 30.1 Å². The number of rotatable bonds is 6. The molecule has 1 aromatic carbocycles. The van der Waals surface area contributed by atoms with Gasteiger partial charge in [0.25, 0.3) is 0 Å². The molecule has 3 unspecified atom stereocenters. The summed E-state index contributed by atoms with van der Waals surface area (Å²) in [6.07, 6.45) is 6.37. The van der Waals surface area contributed by atoms with E-state index in [1.807, 2.05) is 12.1 Å². The van der Waals surface area contributed by atoms with E-state index in [1.54, 1.807) is 12.1 Å². The zero-order valence-electron chi connectivity index (χ0n) is 12.7. The molecule has 0 saturated heterocycles. The molecule has 21 heavy (non-hydrogen) atoms. The lowest BCUT2D eigenvalue weighted by molar-refractivity contribution is 0.0963. The molecule has 2 aliphatic rings. The van der Waals surface area contributed by atoms with Crippen LogP contribution in [0.5, 0.6) is 0 Å². The van der Waals surface area contributed by atoms with E-state index in [0.29, 0.717) is 11.4 Å². The third-order valence-electron chi connectivity index (χ3n) is 5.32. The van der Waals surface area contributed by atoms with E-state index in [0.717, 1.165) is 36.4 Å². The lowest BCUT2D eigenvalue weighted by Crippen LogP contribution is -2.30. The Kier molecular flexibility index (Phi) is 4.66. The first-order valence-electron chi connectivity index (χ1n) is 8.09. The summed E-state index contributed by atoms with van der Waals surface area (Å²) in [5, 5.41) is 0.681. The fourth-order valence-corrected chi connectivity index (χ4v) is 4.29. The molecule has 0 aromatic heterocycles. The van der Waals surface area contributed by atoms with Gasteiger partial charge in [-0.2, -0.15) is 0 Å². The molecular formula is C18H24ClNO. The molecule has 0 N–H and O–H groups in total. The second-order valence-electron chi connectivity index (χ2n) is 6.88. The molecule has 3 atom stereocenters. The first-order valence-corrected chi connectivity index (χ1v) is 8.47. The van der Waals surface area contributed by atoms with Crippen LogP contribution in [-0.4, -0.2) is 30.8 Å². The van der Waals surface area contributed by atoms with Gasteiger partial charge in [0.2, 0.25) is 0 Å². The predicted molar refractivity (Wildman–Crippen MR) is 86.8 cm³/mol. The summed E-state index contributed by atoms with van der Waals surface area (Å²) >= 11 is 5.85. The Morgan fingerprint density at radius 1 is 1.24 bits per heavy atom. The largest absolute Gasteiger partial charge is 0.306 e. The number of carbonyl (C=O) groups excluding carboxylic acids is 1. The number of carbonyl (C=O) groups is 1. The number of ketones is 1. The lowest BCUT2D eigenvalue weighted by atomic mass is 9.88. The van der Waals surface area contributed by atoms with Crippen molar-refractivity contribution < 1.29 is 4.79 Å². The molecule has 2 saturated carbocycles. The van der Waals surface area contributed by atoms with Gasteiger partial charge in [0.05, 0.1) is 0 Å². The second-order valence-corrected chi connectivity index (χ2v) is 7.31. The number of fused-ring (bicyclic) bond motifs is 2. The van der Waals surface area contributed by atoms with Crippen LogP contribution in [0.4, 0.5) is 0 Å². The van der Waals surface area contributed by atoms with Crippen molar-refractivity contribution in [3.8, 4) is 0 Å². The molecule has 0 aliphatic heterocycles. The van der Waals surface area contributed by atoms with E-state index >= 15 is 0 Å². The van der Waals surface area contributed by atoms with Crippen molar-refractivity contribution in [1.29, 1.82) is 0 Å². The van der Waals surface area contributed by atoms with Gasteiger partial charge in [-0.3, -0.25) is 4.79 Å². The standard InChI is InChI=1S/C18H24ClNO/c1-20(12-16-11-13-2-3-15(16)10-13)9-8-18(21)14-4-6-17(19)7-5-14/h4-7,13,15-16H,2-3,8-12H2,1H3. The Morgan fingerprint density at radius 2 is 2.00 bits per heavy atom. The summed E-state index contributed by atoms with van der Waals surface area (Å²) in [7, 11) is 2.15. The van der Waals surface area contributed by atoms with Crippen molar-refractivity contribution in [2.45, 2.75) is 32.1 Å². The molecule has 114 valence electrons. The van der Waals surface area contributed by atoms with Crippen LogP contribution in [0.1, 0.15) is 42.5 Å². The van der Waals surface area contributed by atoms with Gasteiger partial charge in [0.15, 0.2) is 5.78 Å². The first kappa shape index (κ1) is 15.1. The van der Waals surface area contributed by atoms with Crippen molar-refractivity contribution in [3.63, 3.8) is 0 Å². The Labute approximate surface area is 132 Å². The van der Waals surface area contributed by atoms with Gasteiger partial charge in [-0.25, -0.2) is 0 Å². The van der Waals surface area contributed by atoms with Gasteiger partial charge < -0.3 is 4.90 Å². The van der Waals surface area contributed by atoms with Crippen molar-refractivity contribution in [2.24, 2.45) is 17.8 Å². The number of benzene rings is 1. The van der Waals surface area contributed by atoms with Gasteiger partial charge in [0.1, 0.15) is 0 Å². The molecule has 3 rings (SSSR count). The van der Waals surface area contributed by atoms with Gasteiger partial charge in [-0.1, -0.05) is 18.0 Å². The topological polar surface area (TPSA) is 20.3 Å². The predicted octanol–water partition coefficient (Wildman–Crippen LogP) is 4.28. The fourth-order valence-electron chi connectivity index (χ4n) is 4.16. The highest BCUT2D eigenvalue weighted by Gasteiger charge is 2.39. The molecule has 2 fully saturated rings. The number of Topliss-reactive ketones (excluding diaryl/α,β-unsaturated/α-hetero) is 1. The highest BCUT2D eigenvalue weighted by Crippen LogP contribution is 2.48. The van der Waals surface area contributed by atoms with Crippen LogP contribution >= 0.6 is 11.6 Å². The number of hydrogen-bond donors (Lipinski definition) is 0. The molecule has 2 nitrogen and oxygen atoms in total. The van der Waals surface area contributed by atoms with Gasteiger partial charge in [-0.05, 0) is 68.3 Å². The average Bonchev–Trinajstić information content (AvgIpc) is 3.08. The monoisotopic (exact) mass is 305 g/mol. The van der Waals surface area contributed by atoms with E-state index in [9.17, 15) is 4.79 Å². The average molecular weight is 306 g/mol. The first-order chi connectivity index (χ1) is 10.1. The molecule has 0 radical (unpaired) electrons. The molecule has 1 aromatic rings. The molecular weight excluding hydrogens is 282 g/mol. The minimum absolute atomic E-state index is 0.214. The Balaban J connectivity index is 1.44. The SMILES string of the molecule is CN(CCC(=O)c1ccc(Cl)cc1)CC1CC2CCC1C2. The van der Waals surface area contributed by atoms with Crippen LogP contribution in [0, 0.1) is 17.8 Å². The van der Waals surface area contributed by atoms with Crippen LogP contribution in [0.15, 0.2) is 24.3 Å². The van der Waals surface area contributed by atoms with Crippen LogP contribution < -0.4 is 0 Å². The van der Waals surface area contributed by atoms with Gasteiger partial charge >= 0.3 is 0 Å². The lowest BCUT2D eigenvalue weighted by Gasteiger charge is -2.27. The van der Waals surface area contributed by atoms with Crippen molar-refractivity contribution in [1.82, 2.24) is 4.90 Å². The van der Waals surface area contributed by atoms with E-state index in [2.05, 4.69) is 11.9 Å². The van der Waals surface area contributed by atoms with Gasteiger partial charge in [-0.15, -0.1) is 0 Å². The van der Waals surface area contributed by atoms with E-state index < -0.39 is 0 Å². The minimum atomic E-state index is 0.214. The van der Waals surface area contributed by atoms with Crippen molar-refractivity contribution in [3.05, 3.63) is 34.9 Å². The quantitative estimate of drug-likeness (QED) is 0.731.